The summed E-state index contributed by atoms with van der Waals surface area (Å²) in [7, 11) is 0. The molecular weight excluding hydrogens is 376 g/mol. The van der Waals surface area contributed by atoms with Crippen molar-refractivity contribution < 1.29 is 29.7 Å². The fraction of sp³-hybridized carbons (Fsp3) is 0.571. The molecule has 0 aliphatic rings. The Balaban J connectivity index is 0. The zero-order valence-electron chi connectivity index (χ0n) is 18.0. The van der Waals surface area contributed by atoms with Crippen molar-refractivity contribution in [2.45, 2.75) is 53.4 Å². The number of nitrogens with one attached hydrogen (secondary N) is 2. The first-order chi connectivity index (χ1) is 13.7. The molecule has 0 aliphatic carbocycles. The highest BCUT2D eigenvalue weighted by Gasteiger charge is 2.14. The Bertz CT molecular complexity index is 508. The van der Waals surface area contributed by atoms with Gasteiger partial charge in [0.2, 0.25) is 0 Å². The summed E-state index contributed by atoms with van der Waals surface area (Å²) >= 11 is 0. The molecule has 0 aliphatic heterocycles. The SMILES string of the molecule is CCCNCCC.CCCNCCC.O=C(O)c1cc(C(=O)O)cc(C(=O)O)c1. The van der Waals surface area contributed by atoms with Gasteiger partial charge in [-0.3, -0.25) is 0 Å². The molecule has 0 unspecified atom stereocenters. The maximum Gasteiger partial charge on any atom is 0.335 e. The lowest BCUT2D eigenvalue weighted by atomic mass is 10.1. The van der Waals surface area contributed by atoms with Gasteiger partial charge in [-0.05, 0) is 70.1 Å². The summed E-state index contributed by atoms with van der Waals surface area (Å²) in [5.74, 6) is -4.12. The van der Waals surface area contributed by atoms with Crippen LogP contribution in [0.3, 0.4) is 0 Å². The van der Waals surface area contributed by atoms with Crippen molar-refractivity contribution in [2.75, 3.05) is 26.2 Å². The smallest absolute Gasteiger partial charge is 0.335 e. The maximum absolute atomic E-state index is 10.6. The average molecular weight is 413 g/mol. The number of hydrogen-bond acceptors (Lipinski definition) is 5. The zero-order valence-corrected chi connectivity index (χ0v) is 18.0. The third kappa shape index (κ3) is 16.2. The Morgan fingerprint density at radius 3 is 0.931 bits per heavy atom. The molecule has 0 radical (unpaired) electrons. The topological polar surface area (TPSA) is 136 Å². The second kappa shape index (κ2) is 18.9. The van der Waals surface area contributed by atoms with Gasteiger partial charge in [0.05, 0.1) is 16.7 Å². The molecule has 166 valence electrons. The van der Waals surface area contributed by atoms with Gasteiger partial charge in [-0.25, -0.2) is 14.4 Å². The van der Waals surface area contributed by atoms with E-state index in [4.69, 9.17) is 15.3 Å². The Morgan fingerprint density at radius 1 is 0.586 bits per heavy atom. The van der Waals surface area contributed by atoms with E-state index in [1.807, 2.05) is 0 Å². The largest absolute Gasteiger partial charge is 0.478 e. The molecule has 5 N–H and O–H groups in total. The van der Waals surface area contributed by atoms with Crippen molar-refractivity contribution in [2.24, 2.45) is 0 Å². The van der Waals surface area contributed by atoms with E-state index in [2.05, 4.69) is 38.3 Å². The van der Waals surface area contributed by atoms with E-state index in [0.717, 1.165) is 18.2 Å². The molecule has 0 aromatic heterocycles. The van der Waals surface area contributed by atoms with Crippen molar-refractivity contribution in [1.82, 2.24) is 10.6 Å². The Labute approximate surface area is 173 Å². The fourth-order valence-electron chi connectivity index (χ4n) is 1.96. The van der Waals surface area contributed by atoms with Gasteiger partial charge in [0.1, 0.15) is 0 Å². The van der Waals surface area contributed by atoms with E-state index in [9.17, 15) is 14.4 Å². The standard InChI is InChI=1S/C9H6O6.2C6H15N/c10-7(11)4-1-5(8(12)13)3-6(2-4)9(14)15;2*1-3-5-7-6-4-2/h1-3H,(H,10,11)(H,12,13)(H,14,15);2*7H,3-6H2,1-2H3. The van der Waals surface area contributed by atoms with Gasteiger partial charge in [0, 0.05) is 0 Å². The number of carbonyl (C=O) groups is 3. The summed E-state index contributed by atoms with van der Waals surface area (Å²) in [6, 6.07) is 2.70. The predicted molar refractivity (Wildman–Crippen MR) is 114 cm³/mol. The highest BCUT2D eigenvalue weighted by atomic mass is 16.4. The van der Waals surface area contributed by atoms with Gasteiger partial charge in [0.15, 0.2) is 0 Å². The number of hydrogen-bond donors (Lipinski definition) is 5. The molecular formula is C21H36N2O6. The first-order valence-electron chi connectivity index (χ1n) is 10.0. The van der Waals surface area contributed by atoms with Crippen LogP contribution in [0.25, 0.3) is 0 Å². The fourth-order valence-corrected chi connectivity index (χ4v) is 1.96. The summed E-state index contributed by atoms with van der Waals surface area (Å²) in [4.78, 5) is 31.7. The summed E-state index contributed by atoms with van der Waals surface area (Å²) in [6.45, 7) is 13.4. The van der Waals surface area contributed by atoms with Gasteiger partial charge >= 0.3 is 17.9 Å². The average Bonchev–Trinajstić information content (AvgIpc) is 2.69. The third-order valence-electron chi connectivity index (χ3n) is 3.38. The van der Waals surface area contributed by atoms with Gasteiger partial charge in [-0.15, -0.1) is 0 Å². The molecule has 1 aromatic rings. The van der Waals surface area contributed by atoms with Crippen LogP contribution in [0.1, 0.15) is 84.5 Å². The van der Waals surface area contributed by atoms with Crippen molar-refractivity contribution in [3.63, 3.8) is 0 Å². The summed E-state index contributed by atoms with van der Waals surface area (Å²) in [6.07, 6.45) is 5.00. The van der Waals surface area contributed by atoms with E-state index >= 15 is 0 Å². The number of aromatic carboxylic acids is 3. The summed E-state index contributed by atoms with van der Waals surface area (Å²) in [5, 5.41) is 32.4. The molecule has 0 saturated carbocycles. The van der Waals surface area contributed by atoms with Crippen LogP contribution < -0.4 is 10.6 Å². The number of benzene rings is 1. The van der Waals surface area contributed by atoms with Crippen LogP contribution in [0.5, 0.6) is 0 Å². The molecule has 1 rings (SSSR count). The number of carboxylic acids is 3. The molecule has 0 heterocycles. The highest BCUT2D eigenvalue weighted by molar-refractivity contribution is 5.98. The number of carboxylic acid groups (broad SMARTS) is 3. The highest BCUT2D eigenvalue weighted by Crippen LogP contribution is 2.11. The lowest BCUT2D eigenvalue weighted by Gasteiger charge is -2.00. The van der Waals surface area contributed by atoms with Gasteiger partial charge in [-0.2, -0.15) is 0 Å². The van der Waals surface area contributed by atoms with E-state index < -0.39 is 17.9 Å². The first-order valence-corrected chi connectivity index (χ1v) is 10.0. The molecule has 1 aromatic carbocycles. The van der Waals surface area contributed by atoms with E-state index in [1.54, 1.807) is 0 Å². The molecule has 0 spiro atoms. The van der Waals surface area contributed by atoms with E-state index in [1.165, 1.54) is 51.9 Å². The van der Waals surface area contributed by atoms with E-state index in [-0.39, 0.29) is 16.7 Å². The van der Waals surface area contributed by atoms with Crippen molar-refractivity contribution in [1.29, 1.82) is 0 Å². The number of rotatable bonds is 11. The predicted octanol–water partition coefficient (Wildman–Crippen LogP) is 3.57. The second-order valence-electron chi connectivity index (χ2n) is 6.21. The van der Waals surface area contributed by atoms with Crippen LogP contribution in [0, 0.1) is 0 Å². The Hall–Kier alpha value is -2.45. The quantitative estimate of drug-likeness (QED) is 0.348. The molecule has 0 saturated heterocycles. The second-order valence-corrected chi connectivity index (χ2v) is 6.21. The first kappa shape index (κ1) is 28.8. The molecule has 0 amide bonds. The van der Waals surface area contributed by atoms with Crippen LogP contribution in [0.2, 0.25) is 0 Å². The van der Waals surface area contributed by atoms with Crippen molar-refractivity contribution in [3.05, 3.63) is 34.9 Å². The minimum atomic E-state index is -1.37. The zero-order chi connectivity index (χ0) is 22.7. The van der Waals surface area contributed by atoms with Crippen LogP contribution >= 0.6 is 0 Å². The normalized spacial score (nSPS) is 9.52. The minimum Gasteiger partial charge on any atom is -0.478 e. The monoisotopic (exact) mass is 412 g/mol. The summed E-state index contributed by atoms with van der Waals surface area (Å²) < 4.78 is 0. The van der Waals surface area contributed by atoms with Crippen LogP contribution in [0.15, 0.2) is 18.2 Å². The van der Waals surface area contributed by atoms with Gasteiger partial charge < -0.3 is 26.0 Å². The molecule has 0 bridgehead atoms. The molecule has 8 heteroatoms. The van der Waals surface area contributed by atoms with Crippen LogP contribution in [-0.2, 0) is 0 Å². The lowest BCUT2D eigenvalue weighted by Crippen LogP contribution is -2.14. The van der Waals surface area contributed by atoms with Gasteiger partial charge in [-0.1, -0.05) is 27.7 Å². The molecule has 0 fully saturated rings. The molecule has 0 atom stereocenters. The maximum atomic E-state index is 10.6. The summed E-state index contributed by atoms with van der Waals surface area (Å²) in [5.41, 5.74) is -1.10. The van der Waals surface area contributed by atoms with Crippen LogP contribution in [0.4, 0.5) is 0 Å². The molecule has 29 heavy (non-hydrogen) atoms. The van der Waals surface area contributed by atoms with E-state index in [0.29, 0.717) is 0 Å². The Morgan fingerprint density at radius 2 is 0.793 bits per heavy atom. The lowest BCUT2D eigenvalue weighted by molar-refractivity contribution is 0.0696. The van der Waals surface area contributed by atoms with Gasteiger partial charge in [0.25, 0.3) is 0 Å². The van der Waals surface area contributed by atoms with Crippen molar-refractivity contribution >= 4 is 17.9 Å². The third-order valence-corrected chi connectivity index (χ3v) is 3.38. The molecule has 8 nitrogen and oxygen atoms in total. The van der Waals surface area contributed by atoms with Crippen LogP contribution in [-0.4, -0.2) is 59.4 Å². The van der Waals surface area contributed by atoms with Crippen molar-refractivity contribution in [3.8, 4) is 0 Å². The minimum absolute atomic E-state index is 0.368. The Kier molecular flexibility index (Phi) is 18.7.